The minimum absolute atomic E-state index is 0.0118. The predicted molar refractivity (Wildman–Crippen MR) is 73.6 cm³/mol. The molecule has 0 unspecified atom stereocenters. The molecular weight excluding hydrogens is 240 g/mol. The fourth-order valence-corrected chi connectivity index (χ4v) is 4.80. The van der Waals surface area contributed by atoms with E-state index < -0.39 is 5.79 Å². The highest BCUT2D eigenvalue weighted by molar-refractivity contribution is 5.14. The molecule has 1 saturated carbocycles. The van der Waals surface area contributed by atoms with Crippen LogP contribution in [0.1, 0.15) is 46.0 Å². The van der Waals surface area contributed by atoms with Gasteiger partial charge in [0.05, 0.1) is 13.2 Å². The zero-order valence-corrected chi connectivity index (χ0v) is 12.2. The molecule has 0 aromatic rings. The van der Waals surface area contributed by atoms with Crippen molar-refractivity contribution in [1.29, 1.82) is 0 Å². The summed E-state index contributed by atoms with van der Waals surface area (Å²) in [5.41, 5.74) is 1.46. The van der Waals surface area contributed by atoms with E-state index in [-0.39, 0.29) is 5.41 Å². The Morgan fingerprint density at radius 1 is 1.32 bits per heavy atom. The van der Waals surface area contributed by atoms with Crippen LogP contribution >= 0.6 is 0 Å². The summed E-state index contributed by atoms with van der Waals surface area (Å²) in [4.78, 5) is 0. The largest absolute Gasteiger partial charge is 0.396 e. The number of aliphatic hydroxyl groups excluding tert-OH is 1. The predicted octanol–water partition coefficient (Wildman–Crippen LogP) is 2.88. The van der Waals surface area contributed by atoms with Crippen LogP contribution in [-0.4, -0.2) is 30.7 Å². The summed E-state index contributed by atoms with van der Waals surface area (Å²) in [5, 5.41) is 9.76. The van der Waals surface area contributed by atoms with Gasteiger partial charge in [-0.3, -0.25) is 0 Å². The van der Waals surface area contributed by atoms with Crippen molar-refractivity contribution in [3.8, 4) is 0 Å². The smallest absolute Gasteiger partial charge is 0.174 e. The third kappa shape index (κ3) is 1.98. The van der Waals surface area contributed by atoms with E-state index in [1.807, 2.05) is 0 Å². The molecule has 2 fully saturated rings. The van der Waals surface area contributed by atoms with Gasteiger partial charge in [-0.2, -0.15) is 0 Å². The van der Waals surface area contributed by atoms with Crippen molar-refractivity contribution in [1.82, 2.24) is 0 Å². The Bertz CT molecular complexity index is 370. The highest BCUT2D eigenvalue weighted by atomic mass is 16.7. The van der Waals surface area contributed by atoms with E-state index in [9.17, 15) is 5.11 Å². The van der Waals surface area contributed by atoms with Crippen molar-refractivity contribution >= 4 is 0 Å². The van der Waals surface area contributed by atoms with E-state index in [4.69, 9.17) is 9.47 Å². The van der Waals surface area contributed by atoms with Crippen LogP contribution in [0.3, 0.4) is 0 Å². The molecule has 3 nitrogen and oxygen atoms in total. The normalized spacial score (nSPS) is 44.5. The minimum Gasteiger partial charge on any atom is -0.396 e. The molecule has 1 N–H and O–H groups in total. The molecule has 0 aromatic carbocycles. The zero-order chi connectivity index (χ0) is 13.5. The Balaban J connectivity index is 1.98. The molecule has 1 heterocycles. The highest BCUT2D eigenvalue weighted by Crippen LogP contribution is 2.60. The zero-order valence-electron chi connectivity index (χ0n) is 12.2. The van der Waals surface area contributed by atoms with Gasteiger partial charge in [-0.15, -0.1) is 0 Å². The molecule has 0 radical (unpaired) electrons. The lowest BCUT2D eigenvalue weighted by molar-refractivity contribution is -0.228. The summed E-state index contributed by atoms with van der Waals surface area (Å²) in [6.07, 6.45) is 7.66. The van der Waals surface area contributed by atoms with Crippen LogP contribution in [0, 0.1) is 17.3 Å². The standard InChI is InChI=1S/C16H26O3/c1-12-4-3-5-13(11-17)14-6-7-16(15(14,2)10-12)18-8-9-19-16/h4,13-14,17H,3,5-11H2,1-2H3/b12-4-/t13-,14-,15-/m1/s1. The van der Waals surface area contributed by atoms with E-state index >= 15 is 0 Å². The first-order valence-electron chi connectivity index (χ1n) is 7.66. The van der Waals surface area contributed by atoms with Gasteiger partial charge in [0.25, 0.3) is 0 Å². The second-order valence-electron chi connectivity index (χ2n) is 6.76. The summed E-state index contributed by atoms with van der Waals surface area (Å²) in [6, 6.07) is 0. The van der Waals surface area contributed by atoms with E-state index in [2.05, 4.69) is 19.9 Å². The number of hydrogen-bond donors (Lipinski definition) is 1. The van der Waals surface area contributed by atoms with Crippen LogP contribution in [0.15, 0.2) is 11.6 Å². The van der Waals surface area contributed by atoms with E-state index in [1.165, 1.54) is 5.57 Å². The fraction of sp³-hybridized carbons (Fsp3) is 0.875. The average molecular weight is 266 g/mol. The van der Waals surface area contributed by atoms with Crippen molar-refractivity contribution in [2.75, 3.05) is 19.8 Å². The molecule has 108 valence electrons. The summed E-state index contributed by atoms with van der Waals surface area (Å²) in [5.74, 6) is 0.512. The number of aliphatic hydroxyl groups is 1. The van der Waals surface area contributed by atoms with E-state index in [0.717, 1.165) is 45.3 Å². The number of allylic oxidation sites excluding steroid dienone is 2. The number of rotatable bonds is 1. The van der Waals surface area contributed by atoms with Crippen molar-refractivity contribution in [3.63, 3.8) is 0 Å². The molecule has 0 amide bonds. The van der Waals surface area contributed by atoms with Gasteiger partial charge < -0.3 is 14.6 Å². The molecule has 0 aromatic heterocycles. The second-order valence-corrected chi connectivity index (χ2v) is 6.76. The van der Waals surface area contributed by atoms with Gasteiger partial charge in [-0.1, -0.05) is 18.6 Å². The number of hydrogen-bond acceptors (Lipinski definition) is 3. The quantitative estimate of drug-likeness (QED) is 0.742. The molecule has 3 aliphatic rings. The molecule has 3 rings (SSSR count). The molecule has 3 atom stereocenters. The minimum atomic E-state index is -0.391. The van der Waals surface area contributed by atoms with Crippen LogP contribution in [0.5, 0.6) is 0 Å². The maximum absolute atomic E-state index is 9.76. The van der Waals surface area contributed by atoms with Crippen molar-refractivity contribution in [2.45, 2.75) is 51.7 Å². The lowest BCUT2D eigenvalue weighted by atomic mass is 9.65. The monoisotopic (exact) mass is 266 g/mol. The van der Waals surface area contributed by atoms with Crippen molar-refractivity contribution < 1.29 is 14.6 Å². The topological polar surface area (TPSA) is 38.7 Å². The van der Waals surface area contributed by atoms with Crippen LogP contribution in [0.25, 0.3) is 0 Å². The fourth-order valence-electron chi connectivity index (χ4n) is 4.80. The first kappa shape index (κ1) is 13.6. The van der Waals surface area contributed by atoms with E-state index in [1.54, 1.807) is 0 Å². The van der Waals surface area contributed by atoms with Gasteiger partial charge in [0, 0.05) is 18.4 Å². The first-order chi connectivity index (χ1) is 9.11. The van der Waals surface area contributed by atoms with Crippen LogP contribution in [0.4, 0.5) is 0 Å². The van der Waals surface area contributed by atoms with Crippen molar-refractivity contribution in [2.24, 2.45) is 17.3 Å². The second kappa shape index (κ2) is 4.87. The van der Waals surface area contributed by atoms with Crippen molar-refractivity contribution in [3.05, 3.63) is 11.6 Å². The third-order valence-corrected chi connectivity index (χ3v) is 5.71. The summed E-state index contributed by atoms with van der Waals surface area (Å²) in [6.45, 7) is 6.27. The van der Waals surface area contributed by atoms with Gasteiger partial charge in [-0.05, 0) is 44.4 Å². The summed E-state index contributed by atoms with van der Waals surface area (Å²) >= 11 is 0. The SMILES string of the molecule is C/C1=C/CC[C@H](CO)[C@H]2CCC3(OCCO3)[C@]2(C)C1. The molecule has 0 bridgehead atoms. The Labute approximate surface area is 116 Å². The molecular formula is C16H26O3. The van der Waals surface area contributed by atoms with Crippen LogP contribution in [-0.2, 0) is 9.47 Å². The molecule has 1 saturated heterocycles. The first-order valence-corrected chi connectivity index (χ1v) is 7.66. The maximum Gasteiger partial charge on any atom is 0.174 e. The molecule has 2 aliphatic carbocycles. The van der Waals surface area contributed by atoms with Crippen LogP contribution in [0.2, 0.25) is 0 Å². The van der Waals surface area contributed by atoms with Crippen LogP contribution < -0.4 is 0 Å². The molecule has 1 spiro atoms. The highest BCUT2D eigenvalue weighted by Gasteiger charge is 2.62. The third-order valence-electron chi connectivity index (χ3n) is 5.71. The maximum atomic E-state index is 9.76. The molecule has 1 aliphatic heterocycles. The van der Waals surface area contributed by atoms with Gasteiger partial charge in [0.2, 0.25) is 0 Å². The summed E-state index contributed by atoms with van der Waals surface area (Å²) < 4.78 is 12.2. The molecule has 19 heavy (non-hydrogen) atoms. The average Bonchev–Trinajstić information content (AvgIpc) is 2.93. The van der Waals surface area contributed by atoms with E-state index in [0.29, 0.717) is 18.4 Å². The molecule has 3 heteroatoms. The number of ether oxygens (including phenoxy) is 2. The lowest BCUT2D eigenvalue weighted by Crippen LogP contribution is -2.48. The van der Waals surface area contributed by atoms with Gasteiger partial charge >= 0.3 is 0 Å². The van der Waals surface area contributed by atoms with Gasteiger partial charge in [0.15, 0.2) is 5.79 Å². The van der Waals surface area contributed by atoms with Gasteiger partial charge in [-0.25, -0.2) is 0 Å². The lowest BCUT2D eigenvalue weighted by Gasteiger charge is -2.46. The number of fused-ring (bicyclic) bond motifs is 2. The Hall–Kier alpha value is -0.380. The Morgan fingerprint density at radius 2 is 2.05 bits per heavy atom. The Kier molecular flexibility index (Phi) is 3.48. The summed E-state index contributed by atoms with van der Waals surface area (Å²) in [7, 11) is 0. The Morgan fingerprint density at radius 3 is 2.74 bits per heavy atom. The van der Waals surface area contributed by atoms with Gasteiger partial charge in [0.1, 0.15) is 0 Å².